The summed E-state index contributed by atoms with van der Waals surface area (Å²) < 4.78 is 0. The molecule has 0 fully saturated rings. The molecular weight excluding hydrogens is 188 g/mol. The molecule has 0 bridgehead atoms. The molecule has 78 valence electrons. The van der Waals surface area contributed by atoms with Gasteiger partial charge in [0.15, 0.2) is 0 Å². The van der Waals surface area contributed by atoms with E-state index in [1.54, 1.807) is 6.20 Å². The van der Waals surface area contributed by atoms with Crippen molar-refractivity contribution >= 4 is 0 Å². The standard InChI is InChI=1S/C12H14N2O/c1-2-12(15)10-5-3-9(4-6-10)11-7-8-13-14-11/h3-8,12,15H,2H2,1H3,(H,13,14)/t12-/m0/s1. The molecular formula is C12H14N2O. The molecule has 1 heterocycles. The van der Waals surface area contributed by atoms with Gasteiger partial charge in [-0.15, -0.1) is 0 Å². The van der Waals surface area contributed by atoms with Gasteiger partial charge in [-0.3, -0.25) is 5.10 Å². The summed E-state index contributed by atoms with van der Waals surface area (Å²) in [6, 6.07) is 9.80. The third-order valence-corrected chi connectivity index (χ3v) is 2.49. The molecule has 0 aliphatic rings. The topological polar surface area (TPSA) is 48.9 Å². The molecule has 2 aromatic rings. The summed E-state index contributed by atoms with van der Waals surface area (Å²) in [6.45, 7) is 1.97. The molecule has 0 spiro atoms. The second kappa shape index (κ2) is 4.28. The molecule has 3 nitrogen and oxygen atoms in total. The van der Waals surface area contributed by atoms with Crippen LogP contribution in [0.4, 0.5) is 0 Å². The summed E-state index contributed by atoms with van der Waals surface area (Å²) in [6.07, 6.45) is 2.11. The highest BCUT2D eigenvalue weighted by Gasteiger charge is 2.04. The predicted molar refractivity (Wildman–Crippen MR) is 59.3 cm³/mol. The van der Waals surface area contributed by atoms with E-state index in [2.05, 4.69) is 10.2 Å². The zero-order chi connectivity index (χ0) is 10.7. The van der Waals surface area contributed by atoms with Gasteiger partial charge in [-0.2, -0.15) is 5.10 Å². The molecule has 1 atom stereocenters. The molecule has 0 unspecified atom stereocenters. The van der Waals surface area contributed by atoms with E-state index in [4.69, 9.17) is 0 Å². The quantitative estimate of drug-likeness (QED) is 0.803. The first kappa shape index (κ1) is 9.93. The van der Waals surface area contributed by atoms with Crippen molar-refractivity contribution in [2.75, 3.05) is 0 Å². The van der Waals surface area contributed by atoms with Crippen LogP contribution < -0.4 is 0 Å². The molecule has 2 rings (SSSR count). The Morgan fingerprint density at radius 1 is 1.27 bits per heavy atom. The minimum atomic E-state index is -0.360. The summed E-state index contributed by atoms with van der Waals surface area (Å²) in [5, 5.41) is 16.4. The first-order valence-electron chi connectivity index (χ1n) is 5.09. The fourth-order valence-corrected chi connectivity index (χ4v) is 1.54. The van der Waals surface area contributed by atoms with Crippen molar-refractivity contribution < 1.29 is 5.11 Å². The van der Waals surface area contributed by atoms with Crippen LogP contribution in [0.1, 0.15) is 25.0 Å². The van der Waals surface area contributed by atoms with Crippen LogP contribution in [-0.4, -0.2) is 15.3 Å². The second-order valence-corrected chi connectivity index (χ2v) is 3.52. The van der Waals surface area contributed by atoms with Gasteiger partial charge in [0.2, 0.25) is 0 Å². The van der Waals surface area contributed by atoms with Gasteiger partial charge in [0.05, 0.1) is 11.8 Å². The fourth-order valence-electron chi connectivity index (χ4n) is 1.54. The van der Waals surface area contributed by atoms with Crippen LogP contribution >= 0.6 is 0 Å². The zero-order valence-electron chi connectivity index (χ0n) is 8.64. The minimum absolute atomic E-state index is 0.360. The Hall–Kier alpha value is -1.61. The van der Waals surface area contributed by atoms with E-state index in [1.807, 2.05) is 37.3 Å². The van der Waals surface area contributed by atoms with E-state index in [0.29, 0.717) is 0 Å². The Bertz CT molecular complexity index is 406. The van der Waals surface area contributed by atoms with Crippen LogP contribution in [0.25, 0.3) is 11.3 Å². The zero-order valence-corrected chi connectivity index (χ0v) is 8.64. The molecule has 3 heteroatoms. The molecule has 0 amide bonds. The van der Waals surface area contributed by atoms with E-state index >= 15 is 0 Å². The number of aromatic nitrogens is 2. The van der Waals surface area contributed by atoms with Crippen molar-refractivity contribution in [1.29, 1.82) is 0 Å². The molecule has 1 aromatic heterocycles. The van der Waals surface area contributed by atoms with Gasteiger partial charge in [-0.05, 0) is 23.6 Å². The van der Waals surface area contributed by atoms with Gasteiger partial charge in [0.25, 0.3) is 0 Å². The van der Waals surface area contributed by atoms with Crippen LogP contribution in [-0.2, 0) is 0 Å². The van der Waals surface area contributed by atoms with E-state index in [1.165, 1.54) is 0 Å². The van der Waals surface area contributed by atoms with Crippen LogP contribution in [0.3, 0.4) is 0 Å². The van der Waals surface area contributed by atoms with Gasteiger partial charge in [-0.1, -0.05) is 31.2 Å². The number of nitrogens with one attached hydrogen (secondary N) is 1. The van der Waals surface area contributed by atoms with Crippen molar-refractivity contribution in [1.82, 2.24) is 10.2 Å². The van der Waals surface area contributed by atoms with E-state index in [9.17, 15) is 5.11 Å². The number of rotatable bonds is 3. The number of hydrogen-bond donors (Lipinski definition) is 2. The molecule has 0 aliphatic heterocycles. The average molecular weight is 202 g/mol. The molecule has 0 radical (unpaired) electrons. The minimum Gasteiger partial charge on any atom is -0.388 e. The Morgan fingerprint density at radius 3 is 2.53 bits per heavy atom. The summed E-state index contributed by atoms with van der Waals surface area (Å²) in [5.74, 6) is 0. The third-order valence-electron chi connectivity index (χ3n) is 2.49. The van der Waals surface area contributed by atoms with E-state index in [0.717, 1.165) is 23.2 Å². The van der Waals surface area contributed by atoms with Crippen LogP contribution in [0, 0.1) is 0 Å². The number of aliphatic hydroxyl groups is 1. The number of nitrogens with zero attached hydrogens (tertiary/aromatic N) is 1. The van der Waals surface area contributed by atoms with Crippen LogP contribution in [0.2, 0.25) is 0 Å². The van der Waals surface area contributed by atoms with Crippen molar-refractivity contribution in [3.05, 3.63) is 42.1 Å². The Balaban J connectivity index is 2.25. The van der Waals surface area contributed by atoms with Gasteiger partial charge < -0.3 is 5.11 Å². The fraction of sp³-hybridized carbons (Fsp3) is 0.250. The lowest BCUT2D eigenvalue weighted by Gasteiger charge is -2.08. The average Bonchev–Trinajstić information content (AvgIpc) is 2.82. The number of hydrogen-bond acceptors (Lipinski definition) is 2. The van der Waals surface area contributed by atoms with Gasteiger partial charge >= 0.3 is 0 Å². The first-order valence-corrected chi connectivity index (χ1v) is 5.09. The van der Waals surface area contributed by atoms with E-state index in [-0.39, 0.29) is 6.10 Å². The number of aliphatic hydroxyl groups excluding tert-OH is 1. The normalized spacial score (nSPS) is 12.7. The van der Waals surface area contributed by atoms with E-state index < -0.39 is 0 Å². The Labute approximate surface area is 88.8 Å². The van der Waals surface area contributed by atoms with Crippen molar-refractivity contribution in [3.8, 4) is 11.3 Å². The Kier molecular flexibility index (Phi) is 2.83. The summed E-state index contributed by atoms with van der Waals surface area (Å²) in [5.41, 5.74) is 3.04. The largest absolute Gasteiger partial charge is 0.388 e. The van der Waals surface area contributed by atoms with Gasteiger partial charge in [-0.25, -0.2) is 0 Å². The molecule has 15 heavy (non-hydrogen) atoms. The summed E-state index contributed by atoms with van der Waals surface area (Å²) >= 11 is 0. The highest BCUT2D eigenvalue weighted by Crippen LogP contribution is 2.21. The maximum atomic E-state index is 9.63. The first-order chi connectivity index (χ1) is 7.31. The SMILES string of the molecule is CC[C@H](O)c1ccc(-c2ccn[nH]2)cc1. The molecule has 1 aromatic carbocycles. The van der Waals surface area contributed by atoms with Crippen LogP contribution in [0.15, 0.2) is 36.5 Å². The maximum absolute atomic E-state index is 9.63. The summed E-state index contributed by atoms with van der Waals surface area (Å²) in [4.78, 5) is 0. The number of aromatic amines is 1. The lowest BCUT2D eigenvalue weighted by Crippen LogP contribution is -1.94. The highest BCUT2D eigenvalue weighted by atomic mass is 16.3. The maximum Gasteiger partial charge on any atom is 0.0787 e. The monoisotopic (exact) mass is 202 g/mol. The van der Waals surface area contributed by atoms with Crippen molar-refractivity contribution in [3.63, 3.8) is 0 Å². The molecule has 0 aliphatic carbocycles. The molecule has 0 saturated heterocycles. The van der Waals surface area contributed by atoms with Crippen molar-refractivity contribution in [2.45, 2.75) is 19.4 Å². The third kappa shape index (κ3) is 2.07. The van der Waals surface area contributed by atoms with Gasteiger partial charge in [0, 0.05) is 6.20 Å². The second-order valence-electron chi connectivity index (χ2n) is 3.52. The summed E-state index contributed by atoms with van der Waals surface area (Å²) in [7, 11) is 0. The highest BCUT2D eigenvalue weighted by molar-refractivity contribution is 5.58. The molecule has 0 saturated carbocycles. The predicted octanol–water partition coefficient (Wildman–Crippen LogP) is 2.52. The molecule has 2 N–H and O–H groups in total. The van der Waals surface area contributed by atoms with Crippen LogP contribution in [0.5, 0.6) is 0 Å². The number of benzene rings is 1. The lowest BCUT2D eigenvalue weighted by atomic mass is 10.0. The number of H-pyrrole nitrogens is 1. The smallest absolute Gasteiger partial charge is 0.0787 e. The van der Waals surface area contributed by atoms with Crippen molar-refractivity contribution in [2.24, 2.45) is 0 Å². The Morgan fingerprint density at radius 2 is 2.00 bits per heavy atom. The lowest BCUT2D eigenvalue weighted by molar-refractivity contribution is 0.173. The van der Waals surface area contributed by atoms with Gasteiger partial charge in [0.1, 0.15) is 0 Å².